The lowest BCUT2D eigenvalue weighted by molar-refractivity contribution is -0.150. The van der Waals surface area contributed by atoms with E-state index < -0.39 is 17.3 Å². The number of rotatable bonds is 4. The predicted octanol–water partition coefficient (Wildman–Crippen LogP) is 0.100. The zero-order valence-corrected chi connectivity index (χ0v) is 11.4. The first-order valence-corrected chi connectivity index (χ1v) is 6.35. The Labute approximate surface area is 112 Å². The summed E-state index contributed by atoms with van der Waals surface area (Å²) in [6.07, 6.45) is 0.838. The van der Waals surface area contributed by atoms with Crippen LogP contribution in [-0.2, 0) is 9.59 Å². The summed E-state index contributed by atoms with van der Waals surface area (Å²) in [6.45, 7) is 4.52. The Hall–Kier alpha value is -1.79. The number of piperidine rings is 1. The SMILES string of the molecule is CCN(CC(N)=O)C(=O)N1CCC(C)(C(=O)O)CC1. The van der Waals surface area contributed by atoms with Crippen molar-refractivity contribution in [3.8, 4) is 0 Å². The number of carbonyl (C=O) groups excluding carboxylic acids is 2. The Kier molecular flexibility index (Phi) is 4.74. The van der Waals surface area contributed by atoms with Gasteiger partial charge in [-0.15, -0.1) is 0 Å². The van der Waals surface area contributed by atoms with E-state index in [0.717, 1.165) is 0 Å². The molecular formula is C12H21N3O4. The molecule has 0 atom stereocenters. The van der Waals surface area contributed by atoms with Gasteiger partial charge in [-0.3, -0.25) is 9.59 Å². The summed E-state index contributed by atoms with van der Waals surface area (Å²) in [5.41, 5.74) is 4.32. The Bertz CT molecular complexity index is 375. The van der Waals surface area contributed by atoms with Crippen molar-refractivity contribution in [1.82, 2.24) is 9.80 Å². The lowest BCUT2D eigenvalue weighted by atomic mass is 9.80. The Morgan fingerprint density at radius 1 is 1.32 bits per heavy atom. The molecule has 1 rings (SSSR count). The fourth-order valence-electron chi connectivity index (χ4n) is 2.11. The number of likely N-dealkylation sites (N-methyl/N-ethyl adjacent to an activating group) is 1. The van der Waals surface area contributed by atoms with Gasteiger partial charge >= 0.3 is 12.0 Å². The molecule has 3 N–H and O–H groups in total. The van der Waals surface area contributed by atoms with Gasteiger partial charge in [0, 0.05) is 19.6 Å². The minimum atomic E-state index is -0.830. The highest BCUT2D eigenvalue weighted by molar-refractivity contribution is 5.83. The molecular weight excluding hydrogens is 250 g/mol. The van der Waals surface area contributed by atoms with E-state index >= 15 is 0 Å². The summed E-state index contributed by atoms with van der Waals surface area (Å²) >= 11 is 0. The highest BCUT2D eigenvalue weighted by Crippen LogP contribution is 2.31. The van der Waals surface area contributed by atoms with Crippen molar-refractivity contribution in [2.45, 2.75) is 26.7 Å². The number of amides is 3. The number of urea groups is 1. The first-order valence-electron chi connectivity index (χ1n) is 6.35. The van der Waals surface area contributed by atoms with Crippen molar-refractivity contribution in [3.05, 3.63) is 0 Å². The van der Waals surface area contributed by atoms with Gasteiger partial charge < -0.3 is 20.6 Å². The van der Waals surface area contributed by atoms with Crippen molar-refractivity contribution >= 4 is 17.9 Å². The molecule has 1 fully saturated rings. The summed E-state index contributed by atoms with van der Waals surface area (Å²) < 4.78 is 0. The van der Waals surface area contributed by atoms with Crippen molar-refractivity contribution in [2.24, 2.45) is 11.1 Å². The number of carboxylic acids is 1. The van der Waals surface area contributed by atoms with E-state index in [4.69, 9.17) is 10.8 Å². The fourth-order valence-corrected chi connectivity index (χ4v) is 2.11. The summed E-state index contributed by atoms with van der Waals surface area (Å²) in [7, 11) is 0. The molecule has 0 radical (unpaired) electrons. The van der Waals surface area contributed by atoms with Gasteiger partial charge in [0.25, 0.3) is 0 Å². The zero-order valence-electron chi connectivity index (χ0n) is 11.4. The lowest BCUT2D eigenvalue weighted by Gasteiger charge is -2.38. The van der Waals surface area contributed by atoms with E-state index in [0.29, 0.717) is 32.5 Å². The van der Waals surface area contributed by atoms with Crippen LogP contribution in [-0.4, -0.2) is 59.0 Å². The minimum Gasteiger partial charge on any atom is -0.481 e. The molecule has 108 valence electrons. The van der Waals surface area contributed by atoms with Gasteiger partial charge in [-0.05, 0) is 26.7 Å². The molecule has 0 aromatic heterocycles. The Balaban J connectivity index is 2.61. The smallest absolute Gasteiger partial charge is 0.320 e. The van der Waals surface area contributed by atoms with E-state index in [1.807, 2.05) is 0 Å². The normalized spacial score (nSPS) is 17.9. The highest BCUT2D eigenvalue weighted by Gasteiger charge is 2.38. The number of hydrogen-bond donors (Lipinski definition) is 2. The largest absolute Gasteiger partial charge is 0.481 e. The van der Waals surface area contributed by atoms with Crippen LogP contribution < -0.4 is 5.73 Å². The van der Waals surface area contributed by atoms with Crippen LogP contribution in [0.2, 0.25) is 0 Å². The monoisotopic (exact) mass is 271 g/mol. The summed E-state index contributed by atoms with van der Waals surface area (Å²) in [4.78, 5) is 37.1. The number of carbonyl (C=O) groups is 3. The third-order valence-corrected chi connectivity index (χ3v) is 3.65. The molecule has 0 aromatic carbocycles. The molecule has 0 bridgehead atoms. The van der Waals surface area contributed by atoms with Crippen LogP contribution in [0.1, 0.15) is 26.7 Å². The van der Waals surface area contributed by atoms with Gasteiger partial charge in [0.2, 0.25) is 5.91 Å². The molecule has 1 saturated heterocycles. The van der Waals surface area contributed by atoms with Crippen LogP contribution in [0.15, 0.2) is 0 Å². The van der Waals surface area contributed by atoms with E-state index in [2.05, 4.69) is 0 Å². The molecule has 1 aliphatic heterocycles. The Morgan fingerprint density at radius 2 is 1.84 bits per heavy atom. The number of nitrogens with two attached hydrogens (primary N) is 1. The number of hydrogen-bond acceptors (Lipinski definition) is 3. The molecule has 0 aliphatic carbocycles. The van der Waals surface area contributed by atoms with Crippen molar-refractivity contribution < 1.29 is 19.5 Å². The van der Waals surface area contributed by atoms with Gasteiger partial charge in [0.15, 0.2) is 0 Å². The van der Waals surface area contributed by atoms with Crippen LogP contribution in [0.4, 0.5) is 4.79 Å². The van der Waals surface area contributed by atoms with Crippen LogP contribution in [0, 0.1) is 5.41 Å². The Morgan fingerprint density at radius 3 is 2.21 bits per heavy atom. The van der Waals surface area contributed by atoms with E-state index in [9.17, 15) is 14.4 Å². The van der Waals surface area contributed by atoms with Gasteiger partial charge in [0.05, 0.1) is 5.41 Å². The van der Waals surface area contributed by atoms with Crippen molar-refractivity contribution in [3.63, 3.8) is 0 Å². The summed E-state index contributed by atoms with van der Waals surface area (Å²) in [5, 5.41) is 9.12. The molecule has 7 nitrogen and oxygen atoms in total. The number of primary amides is 1. The first-order chi connectivity index (χ1) is 8.80. The molecule has 0 saturated carbocycles. The minimum absolute atomic E-state index is 0.109. The molecule has 0 unspecified atom stereocenters. The molecule has 1 heterocycles. The van der Waals surface area contributed by atoms with Crippen molar-refractivity contribution in [2.75, 3.05) is 26.2 Å². The second-order valence-corrected chi connectivity index (χ2v) is 5.12. The standard InChI is InChI=1S/C12H21N3O4/c1-3-14(8-9(13)16)11(19)15-6-4-12(2,5-7-15)10(17)18/h3-8H2,1-2H3,(H2,13,16)(H,17,18). The third kappa shape index (κ3) is 3.59. The average Bonchev–Trinajstić information content (AvgIpc) is 2.35. The van der Waals surface area contributed by atoms with Crippen LogP contribution in [0.3, 0.4) is 0 Å². The third-order valence-electron chi connectivity index (χ3n) is 3.65. The van der Waals surface area contributed by atoms with Gasteiger partial charge in [-0.25, -0.2) is 4.79 Å². The summed E-state index contributed by atoms with van der Waals surface area (Å²) in [6, 6.07) is -0.256. The molecule has 19 heavy (non-hydrogen) atoms. The summed E-state index contributed by atoms with van der Waals surface area (Å²) in [5.74, 6) is -1.38. The second kappa shape index (κ2) is 5.90. The van der Waals surface area contributed by atoms with Gasteiger partial charge in [-0.2, -0.15) is 0 Å². The molecule has 1 aliphatic rings. The lowest BCUT2D eigenvalue weighted by Crippen LogP contribution is -2.51. The van der Waals surface area contributed by atoms with Crippen LogP contribution >= 0.6 is 0 Å². The van der Waals surface area contributed by atoms with E-state index in [-0.39, 0.29) is 12.6 Å². The van der Waals surface area contributed by atoms with Crippen molar-refractivity contribution in [1.29, 1.82) is 0 Å². The van der Waals surface area contributed by atoms with E-state index in [1.165, 1.54) is 4.90 Å². The highest BCUT2D eigenvalue weighted by atomic mass is 16.4. The maximum absolute atomic E-state index is 12.1. The van der Waals surface area contributed by atoms with Crippen LogP contribution in [0.25, 0.3) is 0 Å². The zero-order chi connectivity index (χ0) is 14.6. The number of carboxylic acid groups (broad SMARTS) is 1. The number of likely N-dealkylation sites (tertiary alicyclic amines) is 1. The molecule has 0 spiro atoms. The number of nitrogens with zero attached hydrogens (tertiary/aromatic N) is 2. The molecule has 0 aromatic rings. The first kappa shape index (κ1) is 15.3. The molecule has 7 heteroatoms. The number of aliphatic carboxylic acids is 1. The fraction of sp³-hybridized carbons (Fsp3) is 0.750. The second-order valence-electron chi connectivity index (χ2n) is 5.12. The van der Waals surface area contributed by atoms with E-state index in [1.54, 1.807) is 18.7 Å². The topological polar surface area (TPSA) is 104 Å². The molecule has 3 amide bonds. The van der Waals surface area contributed by atoms with Gasteiger partial charge in [0.1, 0.15) is 6.54 Å². The van der Waals surface area contributed by atoms with Crippen LogP contribution in [0.5, 0.6) is 0 Å². The van der Waals surface area contributed by atoms with Gasteiger partial charge in [-0.1, -0.05) is 0 Å². The quantitative estimate of drug-likeness (QED) is 0.756. The maximum atomic E-state index is 12.1. The predicted molar refractivity (Wildman–Crippen MR) is 68.4 cm³/mol. The maximum Gasteiger partial charge on any atom is 0.320 e. The average molecular weight is 271 g/mol.